The van der Waals surface area contributed by atoms with Gasteiger partial charge < -0.3 is 5.32 Å². The monoisotopic (exact) mass is 251 g/mol. The molecule has 2 aromatic carbocycles. The highest BCUT2D eigenvalue weighted by Crippen LogP contribution is 2.38. The van der Waals surface area contributed by atoms with Gasteiger partial charge in [0.2, 0.25) is 0 Å². The van der Waals surface area contributed by atoms with E-state index in [-0.39, 0.29) is 0 Å². The molecule has 0 bridgehead atoms. The fourth-order valence-electron chi connectivity index (χ4n) is 3.24. The molecule has 0 spiro atoms. The molecule has 1 atom stereocenters. The first kappa shape index (κ1) is 12.3. The number of hydrogen-bond donors (Lipinski definition) is 1. The van der Waals surface area contributed by atoms with Gasteiger partial charge in [-0.1, -0.05) is 24.3 Å². The SMILES string of the molecule is Cc1cc(C)c(C)c(C2Cc3ccccc3N2)c1C. The lowest BCUT2D eigenvalue weighted by Gasteiger charge is -2.21. The minimum Gasteiger partial charge on any atom is -0.378 e. The van der Waals surface area contributed by atoms with E-state index in [1.165, 1.54) is 39.1 Å². The van der Waals surface area contributed by atoms with Crippen LogP contribution < -0.4 is 5.32 Å². The molecule has 1 heteroatoms. The third kappa shape index (κ3) is 1.94. The van der Waals surface area contributed by atoms with Crippen molar-refractivity contribution in [1.29, 1.82) is 0 Å². The number of nitrogens with one attached hydrogen (secondary N) is 1. The smallest absolute Gasteiger partial charge is 0.0560 e. The number of hydrogen-bond acceptors (Lipinski definition) is 1. The Kier molecular flexibility index (Phi) is 2.85. The van der Waals surface area contributed by atoms with E-state index in [2.05, 4.69) is 63.3 Å². The van der Waals surface area contributed by atoms with E-state index in [1.54, 1.807) is 0 Å². The molecule has 1 heterocycles. The average molecular weight is 251 g/mol. The Morgan fingerprint density at radius 1 is 0.947 bits per heavy atom. The van der Waals surface area contributed by atoms with Crippen LogP contribution in [0.4, 0.5) is 5.69 Å². The van der Waals surface area contributed by atoms with Crippen LogP contribution in [0, 0.1) is 27.7 Å². The number of anilines is 1. The van der Waals surface area contributed by atoms with Crippen molar-refractivity contribution in [2.24, 2.45) is 0 Å². The third-order valence-electron chi connectivity index (χ3n) is 4.54. The van der Waals surface area contributed by atoms with Crippen LogP contribution in [0.5, 0.6) is 0 Å². The predicted octanol–water partition coefficient (Wildman–Crippen LogP) is 4.63. The number of fused-ring (bicyclic) bond motifs is 1. The predicted molar refractivity (Wildman–Crippen MR) is 81.9 cm³/mol. The fraction of sp³-hybridized carbons (Fsp3) is 0.333. The minimum atomic E-state index is 0.427. The number of benzene rings is 2. The quantitative estimate of drug-likeness (QED) is 0.779. The molecule has 3 rings (SSSR count). The summed E-state index contributed by atoms with van der Waals surface area (Å²) < 4.78 is 0. The van der Waals surface area contributed by atoms with E-state index >= 15 is 0 Å². The van der Waals surface area contributed by atoms with Gasteiger partial charge >= 0.3 is 0 Å². The molecule has 0 fully saturated rings. The maximum atomic E-state index is 3.69. The molecule has 1 nitrogen and oxygen atoms in total. The molecule has 1 aliphatic rings. The summed E-state index contributed by atoms with van der Waals surface area (Å²) in [6.07, 6.45) is 1.10. The van der Waals surface area contributed by atoms with Crippen molar-refractivity contribution in [3.8, 4) is 0 Å². The largest absolute Gasteiger partial charge is 0.378 e. The highest BCUT2D eigenvalue weighted by atomic mass is 14.9. The zero-order valence-corrected chi connectivity index (χ0v) is 12.2. The van der Waals surface area contributed by atoms with Crippen molar-refractivity contribution in [3.05, 3.63) is 63.7 Å². The van der Waals surface area contributed by atoms with Gasteiger partial charge in [0.1, 0.15) is 0 Å². The molecular weight excluding hydrogens is 230 g/mol. The molecule has 0 amide bonds. The zero-order valence-electron chi connectivity index (χ0n) is 12.2. The summed E-state index contributed by atoms with van der Waals surface area (Å²) in [6.45, 7) is 8.93. The first-order valence-electron chi connectivity index (χ1n) is 6.99. The Labute approximate surface area is 115 Å². The van der Waals surface area contributed by atoms with E-state index in [0.29, 0.717) is 6.04 Å². The van der Waals surface area contributed by atoms with Gasteiger partial charge in [-0.2, -0.15) is 0 Å². The second-order valence-electron chi connectivity index (χ2n) is 5.73. The van der Waals surface area contributed by atoms with Gasteiger partial charge in [-0.15, -0.1) is 0 Å². The van der Waals surface area contributed by atoms with Crippen molar-refractivity contribution >= 4 is 5.69 Å². The lowest BCUT2D eigenvalue weighted by atomic mass is 9.88. The second kappa shape index (κ2) is 4.41. The van der Waals surface area contributed by atoms with E-state index in [0.717, 1.165) is 6.42 Å². The normalized spacial score (nSPS) is 17.2. The van der Waals surface area contributed by atoms with Crippen LogP contribution in [0.25, 0.3) is 0 Å². The molecular formula is C18H21N. The highest BCUT2D eigenvalue weighted by Gasteiger charge is 2.25. The van der Waals surface area contributed by atoms with Crippen LogP contribution in [-0.4, -0.2) is 0 Å². The molecule has 1 N–H and O–H groups in total. The Balaban J connectivity index is 2.06. The molecule has 0 saturated carbocycles. The summed E-state index contributed by atoms with van der Waals surface area (Å²) in [5.41, 5.74) is 9.90. The van der Waals surface area contributed by atoms with Gasteiger partial charge in [-0.05, 0) is 73.6 Å². The Bertz CT molecular complexity index is 589. The van der Waals surface area contributed by atoms with Crippen LogP contribution in [0.15, 0.2) is 30.3 Å². The van der Waals surface area contributed by atoms with Crippen LogP contribution in [0.1, 0.15) is 39.4 Å². The average Bonchev–Trinajstić information content (AvgIpc) is 2.80. The molecule has 0 saturated heterocycles. The molecule has 0 aromatic heterocycles. The highest BCUT2D eigenvalue weighted by molar-refractivity contribution is 5.60. The first-order chi connectivity index (χ1) is 9.08. The number of aryl methyl sites for hydroxylation is 2. The maximum Gasteiger partial charge on any atom is 0.0560 e. The zero-order chi connectivity index (χ0) is 13.6. The molecule has 19 heavy (non-hydrogen) atoms. The molecule has 1 unspecified atom stereocenters. The molecule has 0 aliphatic carbocycles. The van der Waals surface area contributed by atoms with Crippen LogP contribution in [0.3, 0.4) is 0 Å². The van der Waals surface area contributed by atoms with Crippen molar-refractivity contribution in [2.75, 3.05) is 5.32 Å². The van der Waals surface area contributed by atoms with E-state index < -0.39 is 0 Å². The van der Waals surface area contributed by atoms with Gasteiger partial charge in [0.15, 0.2) is 0 Å². The second-order valence-corrected chi connectivity index (χ2v) is 5.73. The Morgan fingerprint density at radius 2 is 1.58 bits per heavy atom. The summed E-state index contributed by atoms with van der Waals surface area (Å²) in [4.78, 5) is 0. The van der Waals surface area contributed by atoms with Gasteiger partial charge in [0.25, 0.3) is 0 Å². The summed E-state index contributed by atoms with van der Waals surface area (Å²) in [6, 6.07) is 11.4. The van der Waals surface area contributed by atoms with Crippen molar-refractivity contribution in [2.45, 2.75) is 40.2 Å². The summed E-state index contributed by atoms with van der Waals surface area (Å²) in [5, 5.41) is 3.69. The lowest BCUT2D eigenvalue weighted by molar-refractivity contribution is 0.803. The van der Waals surface area contributed by atoms with Crippen LogP contribution in [-0.2, 0) is 6.42 Å². The third-order valence-corrected chi connectivity index (χ3v) is 4.54. The lowest BCUT2D eigenvalue weighted by Crippen LogP contribution is -2.11. The van der Waals surface area contributed by atoms with E-state index in [1.807, 2.05) is 0 Å². The summed E-state index contributed by atoms with van der Waals surface area (Å²) in [7, 11) is 0. The van der Waals surface area contributed by atoms with Crippen molar-refractivity contribution < 1.29 is 0 Å². The molecule has 98 valence electrons. The van der Waals surface area contributed by atoms with Crippen molar-refractivity contribution in [3.63, 3.8) is 0 Å². The minimum absolute atomic E-state index is 0.427. The Hall–Kier alpha value is -1.76. The fourth-order valence-corrected chi connectivity index (χ4v) is 3.24. The number of para-hydroxylation sites is 1. The van der Waals surface area contributed by atoms with E-state index in [4.69, 9.17) is 0 Å². The van der Waals surface area contributed by atoms with Crippen LogP contribution >= 0.6 is 0 Å². The number of rotatable bonds is 1. The standard InChI is InChI=1S/C18H21N/c1-11-9-12(2)14(4)18(13(11)3)17-10-15-7-5-6-8-16(15)19-17/h5-9,17,19H,10H2,1-4H3. The van der Waals surface area contributed by atoms with E-state index in [9.17, 15) is 0 Å². The van der Waals surface area contributed by atoms with Gasteiger partial charge in [0.05, 0.1) is 6.04 Å². The first-order valence-corrected chi connectivity index (χ1v) is 6.99. The topological polar surface area (TPSA) is 12.0 Å². The van der Waals surface area contributed by atoms with Gasteiger partial charge in [-0.25, -0.2) is 0 Å². The van der Waals surface area contributed by atoms with Gasteiger partial charge in [0, 0.05) is 5.69 Å². The van der Waals surface area contributed by atoms with Gasteiger partial charge in [-0.3, -0.25) is 0 Å². The van der Waals surface area contributed by atoms with Crippen molar-refractivity contribution in [1.82, 2.24) is 0 Å². The molecule has 2 aromatic rings. The summed E-state index contributed by atoms with van der Waals surface area (Å²) >= 11 is 0. The van der Waals surface area contributed by atoms with Crippen LogP contribution in [0.2, 0.25) is 0 Å². The molecule has 0 radical (unpaired) electrons. The maximum absolute atomic E-state index is 3.69. The summed E-state index contributed by atoms with van der Waals surface area (Å²) in [5.74, 6) is 0. The molecule has 1 aliphatic heterocycles. The Morgan fingerprint density at radius 3 is 2.21 bits per heavy atom.